The number of ether oxygens (including phenoxy) is 1. The zero-order valence-electron chi connectivity index (χ0n) is 34.7. The van der Waals surface area contributed by atoms with Crippen LogP contribution in [0.3, 0.4) is 0 Å². The number of hydrogen-bond donors (Lipinski definition) is 0. The molecule has 0 saturated carbocycles. The molecule has 1 aromatic carbocycles. The van der Waals surface area contributed by atoms with Crippen LogP contribution in [0.5, 0.6) is 5.75 Å². The molecule has 5 rings (SSSR count). The average Bonchev–Trinajstić information content (AvgIpc) is 3.95. The van der Waals surface area contributed by atoms with Gasteiger partial charge in [0.05, 0.1) is 16.2 Å². The molecular weight excluding hydrogens is 753 g/mol. The second-order valence-corrected chi connectivity index (χ2v) is 21.6. The molecule has 0 atom stereocenters. The van der Waals surface area contributed by atoms with Crippen LogP contribution in [0.4, 0.5) is 0 Å². The number of hydrogen-bond acceptors (Lipinski definition) is 6. The van der Waals surface area contributed by atoms with E-state index in [1.807, 2.05) is 45.3 Å². The van der Waals surface area contributed by atoms with Gasteiger partial charge in [0.15, 0.2) is 0 Å². The summed E-state index contributed by atoms with van der Waals surface area (Å²) < 4.78 is 9.49. The minimum atomic E-state index is 0.811. The molecule has 1 nitrogen and oxygen atoms in total. The predicted octanol–water partition coefficient (Wildman–Crippen LogP) is 18.9. The molecule has 5 aromatic rings. The van der Waals surface area contributed by atoms with Crippen molar-refractivity contribution in [2.45, 2.75) is 188 Å². The van der Waals surface area contributed by atoms with Crippen molar-refractivity contribution in [3.8, 4) is 25.3 Å². The van der Waals surface area contributed by atoms with Gasteiger partial charge in [-0.3, -0.25) is 0 Å². The third-order valence-corrected chi connectivity index (χ3v) is 17.2. The second kappa shape index (κ2) is 23.8. The Morgan fingerprint density at radius 2 is 1.02 bits per heavy atom. The van der Waals surface area contributed by atoms with Crippen LogP contribution in [-0.2, 0) is 0 Å². The van der Waals surface area contributed by atoms with Gasteiger partial charge in [-0.25, -0.2) is 0 Å². The Kier molecular flexibility index (Phi) is 19.3. The molecule has 298 valence electrons. The molecule has 0 unspecified atom stereocenters. The average molecular weight is 823 g/mol. The van der Waals surface area contributed by atoms with Gasteiger partial charge in [-0.1, -0.05) is 142 Å². The van der Waals surface area contributed by atoms with Crippen LogP contribution in [-0.4, -0.2) is 12.4 Å². The molecule has 4 heterocycles. The molecule has 0 N–H and O–H groups in total. The Morgan fingerprint density at radius 1 is 0.481 bits per heavy atom. The highest BCUT2D eigenvalue weighted by molar-refractivity contribution is 7.99. The van der Waals surface area contributed by atoms with E-state index in [0.29, 0.717) is 0 Å². The van der Waals surface area contributed by atoms with Crippen LogP contribution in [0.1, 0.15) is 176 Å². The maximum Gasteiger partial charge on any atom is 0.145 e. The molecule has 0 radical (unpaired) electrons. The van der Waals surface area contributed by atoms with E-state index < -0.39 is 0 Å². The first-order valence-electron chi connectivity index (χ1n) is 21.8. The monoisotopic (exact) mass is 822 g/mol. The van der Waals surface area contributed by atoms with Gasteiger partial charge in [0.1, 0.15) is 5.75 Å². The smallest absolute Gasteiger partial charge is 0.145 e. The van der Waals surface area contributed by atoms with Crippen LogP contribution >= 0.6 is 57.1 Å². The van der Waals surface area contributed by atoms with E-state index in [1.165, 1.54) is 206 Å². The van der Waals surface area contributed by atoms with Gasteiger partial charge in [-0.05, 0) is 81.7 Å². The molecule has 0 aliphatic heterocycles. The second-order valence-electron chi connectivity index (χ2n) is 15.8. The summed E-state index contributed by atoms with van der Waals surface area (Å²) in [5, 5.41) is 2.69. The number of benzene rings is 1. The normalized spacial score (nSPS) is 11.9. The van der Waals surface area contributed by atoms with E-state index in [1.54, 1.807) is 0 Å². The van der Waals surface area contributed by atoms with Crippen LogP contribution in [0.25, 0.3) is 39.7 Å². The third-order valence-electron chi connectivity index (χ3n) is 11.0. The lowest BCUT2D eigenvalue weighted by molar-refractivity contribution is 0.311. The van der Waals surface area contributed by atoms with E-state index in [2.05, 4.69) is 77.6 Å². The highest BCUT2D eigenvalue weighted by atomic mass is 32.2. The summed E-state index contributed by atoms with van der Waals surface area (Å²) in [5.41, 5.74) is 2.82. The van der Waals surface area contributed by atoms with Gasteiger partial charge in [0, 0.05) is 44.8 Å². The molecule has 0 amide bonds. The van der Waals surface area contributed by atoms with Gasteiger partial charge in [0.2, 0.25) is 0 Å². The van der Waals surface area contributed by atoms with E-state index in [4.69, 9.17) is 4.74 Å². The van der Waals surface area contributed by atoms with E-state index in [9.17, 15) is 0 Å². The zero-order valence-corrected chi connectivity index (χ0v) is 38.8. The fraction of sp³-hybridized carbons (Fsp3) is 0.625. The number of aryl methyl sites for hydroxylation is 4. The number of unbranched alkanes of at least 4 members (excludes halogenated alkanes) is 20. The summed E-state index contributed by atoms with van der Waals surface area (Å²) in [4.78, 5) is 10.0. The Morgan fingerprint density at radius 3 is 1.63 bits per heavy atom. The van der Waals surface area contributed by atoms with Crippen molar-refractivity contribution < 1.29 is 4.74 Å². The number of fused-ring (bicyclic) bond motifs is 2. The molecule has 0 spiro atoms. The largest absolute Gasteiger partial charge is 0.491 e. The summed E-state index contributed by atoms with van der Waals surface area (Å²) in [6, 6.07) is 9.73. The van der Waals surface area contributed by atoms with Gasteiger partial charge < -0.3 is 4.74 Å². The van der Waals surface area contributed by atoms with Gasteiger partial charge >= 0.3 is 0 Å². The van der Waals surface area contributed by atoms with Crippen LogP contribution < -0.4 is 4.74 Å². The van der Waals surface area contributed by atoms with Gasteiger partial charge in [0.25, 0.3) is 0 Å². The molecule has 6 heteroatoms. The minimum absolute atomic E-state index is 0.811. The van der Waals surface area contributed by atoms with Crippen molar-refractivity contribution in [3.05, 3.63) is 45.1 Å². The standard InChI is InChI=1S/C48H70OS5/c1-7-9-11-13-15-17-19-20-22-24-26-28-30-50-43-33-37(5)52-48(43)45-35(3)31-41(53-45)42-34-39-38(6)46-40(32-36(4)51-46)44(47(39)54-42)49-29-27-25-23-21-18-16-14-12-10-8-2/h31-34H,7-30H2,1-6H3. The van der Waals surface area contributed by atoms with Gasteiger partial charge in [-0.15, -0.1) is 57.1 Å². The van der Waals surface area contributed by atoms with Crippen molar-refractivity contribution in [3.63, 3.8) is 0 Å². The highest BCUT2D eigenvalue weighted by Crippen LogP contribution is 2.51. The lowest BCUT2D eigenvalue weighted by Gasteiger charge is -2.11. The molecule has 0 aliphatic carbocycles. The summed E-state index contributed by atoms with van der Waals surface area (Å²) in [6.07, 6.45) is 30.4. The Bertz CT molecular complexity index is 1820. The Hall–Kier alpha value is -1.31. The molecule has 0 bridgehead atoms. The number of thiophene rings is 4. The summed E-state index contributed by atoms with van der Waals surface area (Å²) >= 11 is 9.94. The van der Waals surface area contributed by atoms with E-state index in [0.717, 1.165) is 18.8 Å². The topological polar surface area (TPSA) is 9.23 Å². The summed E-state index contributed by atoms with van der Waals surface area (Å²) in [6.45, 7) is 14.6. The molecule has 54 heavy (non-hydrogen) atoms. The lowest BCUT2D eigenvalue weighted by Crippen LogP contribution is -1.98. The molecular formula is C48H70OS5. The molecule has 0 fully saturated rings. The Labute approximate surface area is 350 Å². The zero-order chi connectivity index (χ0) is 38.1. The first-order chi connectivity index (χ1) is 26.4. The predicted molar refractivity (Wildman–Crippen MR) is 252 cm³/mol. The van der Waals surface area contributed by atoms with Crippen molar-refractivity contribution in [1.29, 1.82) is 0 Å². The first-order valence-corrected chi connectivity index (χ1v) is 26.1. The van der Waals surface area contributed by atoms with E-state index in [-0.39, 0.29) is 0 Å². The maximum absolute atomic E-state index is 6.76. The molecule has 0 saturated heterocycles. The Balaban J connectivity index is 1.17. The molecule has 0 aliphatic rings. The first kappa shape index (κ1) is 43.8. The van der Waals surface area contributed by atoms with Crippen LogP contribution in [0.2, 0.25) is 0 Å². The van der Waals surface area contributed by atoms with Crippen molar-refractivity contribution in [2.24, 2.45) is 0 Å². The van der Waals surface area contributed by atoms with Crippen molar-refractivity contribution in [2.75, 3.05) is 12.4 Å². The highest BCUT2D eigenvalue weighted by Gasteiger charge is 2.21. The van der Waals surface area contributed by atoms with Crippen LogP contribution in [0, 0.1) is 27.7 Å². The van der Waals surface area contributed by atoms with Crippen LogP contribution in [0.15, 0.2) is 29.2 Å². The summed E-state index contributed by atoms with van der Waals surface area (Å²) in [7, 11) is 0. The van der Waals surface area contributed by atoms with Crippen molar-refractivity contribution >= 4 is 77.3 Å². The molecule has 4 aromatic heterocycles. The quantitative estimate of drug-likeness (QED) is 0.0367. The number of rotatable bonds is 28. The van der Waals surface area contributed by atoms with E-state index >= 15 is 0 Å². The fourth-order valence-corrected chi connectivity index (χ4v) is 13.9. The summed E-state index contributed by atoms with van der Waals surface area (Å²) in [5.74, 6) is 2.35. The minimum Gasteiger partial charge on any atom is -0.491 e. The SMILES string of the molecule is CCCCCCCCCCCCCCSc1cc(C)sc1-c1sc(-c2cc3c(C)c4sc(C)cc4c(OCCCCCCCCCCCC)c3s2)cc1C. The fourth-order valence-electron chi connectivity index (χ4n) is 7.78. The van der Waals surface area contributed by atoms with Gasteiger partial charge in [-0.2, -0.15) is 0 Å². The lowest BCUT2D eigenvalue weighted by atomic mass is 10.1. The number of thioether (sulfide) groups is 1. The van der Waals surface area contributed by atoms with Crippen molar-refractivity contribution in [1.82, 2.24) is 0 Å². The maximum atomic E-state index is 6.76. The third kappa shape index (κ3) is 12.9.